The van der Waals surface area contributed by atoms with Crippen LogP contribution in [0.5, 0.6) is 0 Å². The molecule has 1 aromatic heterocycles. The van der Waals surface area contributed by atoms with Crippen molar-refractivity contribution in [3.8, 4) is 0 Å². The number of aryl methyl sites for hydroxylation is 1. The molecule has 0 radical (unpaired) electrons. The fraction of sp³-hybridized carbons (Fsp3) is 0.667. The van der Waals surface area contributed by atoms with Crippen LogP contribution in [-0.2, 0) is 0 Å². The van der Waals surface area contributed by atoms with Gasteiger partial charge in [0.25, 0.3) is 5.92 Å². The third-order valence-corrected chi connectivity index (χ3v) is 3.30. The lowest BCUT2D eigenvalue weighted by Crippen LogP contribution is -2.51. The Morgan fingerprint density at radius 1 is 1.25 bits per heavy atom. The molecule has 0 spiro atoms. The summed E-state index contributed by atoms with van der Waals surface area (Å²) in [7, 11) is 0. The second kappa shape index (κ2) is 5.92. The highest BCUT2D eigenvalue weighted by Gasteiger charge is 2.32. The zero-order chi connectivity index (χ0) is 14.8. The van der Waals surface area contributed by atoms with E-state index in [2.05, 4.69) is 9.97 Å². The van der Waals surface area contributed by atoms with Crippen molar-refractivity contribution in [2.75, 3.05) is 44.2 Å². The summed E-state index contributed by atoms with van der Waals surface area (Å²) in [4.78, 5) is 10.9. The van der Waals surface area contributed by atoms with Crippen LogP contribution in [0.3, 0.4) is 0 Å². The number of aliphatic hydroxyl groups excluding tert-OH is 1. The van der Waals surface area contributed by atoms with E-state index in [0.717, 1.165) is 0 Å². The molecule has 0 bridgehead atoms. The first kappa shape index (κ1) is 15.0. The average molecular weight is 290 g/mol. The normalized spacial score (nSPS) is 17.6. The van der Waals surface area contributed by atoms with Crippen molar-refractivity contribution in [2.45, 2.75) is 12.8 Å². The summed E-state index contributed by atoms with van der Waals surface area (Å²) in [5.74, 6) is -3.36. The van der Waals surface area contributed by atoms with Crippen LogP contribution in [0.4, 0.5) is 19.0 Å². The first-order chi connectivity index (χ1) is 9.43. The second-order valence-corrected chi connectivity index (χ2v) is 4.87. The lowest BCUT2D eigenvalue weighted by molar-refractivity contribution is -0.0733. The van der Waals surface area contributed by atoms with Gasteiger partial charge in [-0.25, -0.2) is 23.1 Å². The van der Waals surface area contributed by atoms with Gasteiger partial charge < -0.3 is 10.0 Å². The van der Waals surface area contributed by atoms with E-state index in [4.69, 9.17) is 5.11 Å². The minimum Gasteiger partial charge on any atom is -0.390 e. The quantitative estimate of drug-likeness (QED) is 0.883. The molecule has 5 nitrogen and oxygen atoms in total. The van der Waals surface area contributed by atoms with Gasteiger partial charge in [0.15, 0.2) is 11.6 Å². The fourth-order valence-corrected chi connectivity index (χ4v) is 2.16. The number of piperazine rings is 1. The van der Waals surface area contributed by atoms with Crippen molar-refractivity contribution in [2.24, 2.45) is 0 Å². The molecule has 2 rings (SSSR count). The van der Waals surface area contributed by atoms with E-state index in [1.807, 2.05) is 0 Å². The van der Waals surface area contributed by atoms with E-state index < -0.39 is 24.9 Å². The number of hydrogen-bond acceptors (Lipinski definition) is 5. The zero-order valence-corrected chi connectivity index (χ0v) is 11.2. The molecule has 1 N–H and O–H groups in total. The van der Waals surface area contributed by atoms with Crippen molar-refractivity contribution in [1.29, 1.82) is 0 Å². The van der Waals surface area contributed by atoms with Crippen LogP contribution in [0.25, 0.3) is 0 Å². The molecule has 1 aromatic rings. The number of anilines is 1. The SMILES string of the molecule is Cc1ncnc(N2CCN(CC(F)(F)CO)CC2)c1F. The lowest BCUT2D eigenvalue weighted by atomic mass is 10.2. The Morgan fingerprint density at radius 2 is 1.90 bits per heavy atom. The molecule has 0 atom stereocenters. The number of hydrogen-bond donors (Lipinski definition) is 1. The van der Waals surface area contributed by atoms with Gasteiger partial charge in [0.2, 0.25) is 0 Å². The molecule has 0 unspecified atom stereocenters. The van der Waals surface area contributed by atoms with Crippen LogP contribution in [0, 0.1) is 12.7 Å². The molecular weight excluding hydrogens is 273 g/mol. The molecule has 0 aromatic carbocycles. The third kappa shape index (κ3) is 3.37. The first-order valence-electron chi connectivity index (χ1n) is 6.36. The molecule has 0 saturated carbocycles. The highest BCUT2D eigenvalue weighted by Crippen LogP contribution is 2.20. The van der Waals surface area contributed by atoms with Gasteiger partial charge in [0.1, 0.15) is 12.9 Å². The summed E-state index contributed by atoms with van der Waals surface area (Å²) in [5, 5.41) is 8.57. The fourth-order valence-electron chi connectivity index (χ4n) is 2.16. The van der Waals surface area contributed by atoms with Crippen molar-refractivity contribution >= 4 is 5.82 Å². The van der Waals surface area contributed by atoms with E-state index in [0.29, 0.717) is 26.2 Å². The van der Waals surface area contributed by atoms with Gasteiger partial charge in [-0.1, -0.05) is 0 Å². The van der Waals surface area contributed by atoms with Crippen LogP contribution >= 0.6 is 0 Å². The summed E-state index contributed by atoms with van der Waals surface area (Å²) >= 11 is 0. The van der Waals surface area contributed by atoms with Gasteiger partial charge in [0, 0.05) is 26.2 Å². The molecular formula is C12H17F3N4O. The standard InChI is InChI=1S/C12H17F3N4O/c1-9-10(13)11(17-8-16-9)19-4-2-18(3-5-19)6-12(14,15)7-20/h8,20H,2-7H2,1H3. The summed E-state index contributed by atoms with van der Waals surface area (Å²) < 4.78 is 40.1. The van der Waals surface area contributed by atoms with Gasteiger partial charge in [-0.3, -0.25) is 4.90 Å². The largest absolute Gasteiger partial charge is 0.390 e. The van der Waals surface area contributed by atoms with E-state index in [1.54, 1.807) is 16.7 Å². The second-order valence-electron chi connectivity index (χ2n) is 4.87. The molecule has 1 fully saturated rings. The lowest BCUT2D eigenvalue weighted by Gasteiger charge is -2.36. The Hall–Kier alpha value is -1.41. The monoisotopic (exact) mass is 290 g/mol. The minimum absolute atomic E-state index is 0.214. The number of aliphatic hydroxyl groups is 1. The maximum absolute atomic E-state index is 13.9. The Kier molecular flexibility index (Phi) is 4.44. The molecule has 8 heteroatoms. The summed E-state index contributed by atoms with van der Waals surface area (Å²) in [6.45, 7) is 1.48. The maximum Gasteiger partial charge on any atom is 0.283 e. The molecule has 2 heterocycles. The topological polar surface area (TPSA) is 52.5 Å². The van der Waals surface area contributed by atoms with E-state index >= 15 is 0 Å². The van der Waals surface area contributed by atoms with Crippen LogP contribution in [-0.4, -0.2) is 65.2 Å². The van der Waals surface area contributed by atoms with E-state index in [-0.39, 0.29) is 11.5 Å². The minimum atomic E-state index is -3.10. The van der Waals surface area contributed by atoms with Crippen molar-refractivity contribution in [1.82, 2.24) is 14.9 Å². The number of nitrogens with zero attached hydrogens (tertiary/aromatic N) is 4. The number of halogens is 3. The molecule has 1 saturated heterocycles. The predicted molar refractivity (Wildman–Crippen MR) is 67.4 cm³/mol. The van der Waals surface area contributed by atoms with Crippen LogP contribution in [0.1, 0.15) is 5.69 Å². The number of alkyl halides is 2. The Labute approximate surface area is 115 Å². The van der Waals surface area contributed by atoms with Crippen molar-refractivity contribution in [3.05, 3.63) is 17.8 Å². The van der Waals surface area contributed by atoms with Crippen LogP contribution in [0.2, 0.25) is 0 Å². The van der Waals surface area contributed by atoms with Crippen LogP contribution in [0.15, 0.2) is 6.33 Å². The van der Waals surface area contributed by atoms with E-state index in [1.165, 1.54) is 6.33 Å². The first-order valence-corrected chi connectivity index (χ1v) is 6.36. The van der Waals surface area contributed by atoms with Gasteiger partial charge in [0.05, 0.1) is 12.2 Å². The van der Waals surface area contributed by atoms with Gasteiger partial charge >= 0.3 is 0 Å². The summed E-state index contributed by atoms with van der Waals surface area (Å²) in [5.41, 5.74) is 0.268. The smallest absolute Gasteiger partial charge is 0.283 e. The molecule has 0 amide bonds. The Morgan fingerprint density at radius 3 is 2.50 bits per heavy atom. The summed E-state index contributed by atoms with van der Waals surface area (Å²) in [6, 6.07) is 0. The van der Waals surface area contributed by atoms with Gasteiger partial charge in [-0.05, 0) is 6.92 Å². The third-order valence-electron chi connectivity index (χ3n) is 3.30. The number of rotatable bonds is 4. The molecule has 1 aliphatic rings. The molecule has 112 valence electrons. The maximum atomic E-state index is 13.9. The summed E-state index contributed by atoms with van der Waals surface area (Å²) in [6.07, 6.45) is 1.29. The Bertz CT molecular complexity index is 464. The number of aromatic nitrogens is 2. The van der Waals surface area contributed by atoms with Crippen molar-refractivity contribution < 1.29 is 18.3 Å². The van der Waals surface area contributed by atoms with E-state index in [9.17, 15) is 13.2 Å². The van der Waals surface area contributed by atoms with Crippen LogP contribution < -0.4 is 4.90 Å². The van der Waals surface area contributed by atoms with Crippen molar-refractivity contribution in [3.63, 3.8) is 0 Å². The van der Waals surface area contributed by atoms with Gasteiger partial charge in [-0.2, -0.15) is 0 Å². The highest BCUT2D eigenvalue weighted by atomic mass is 19.3. The molecule has 20 heavy (non-hydrogen) atoms. The highest BCUT2D eigenvalue weighted by molar-refractivity contribution is 5.41. The zero-order valence-electron chi connectivity index (χ0n) is 11.2. The average Bonchev–Trinajstić information content (AvgIpc) is 2.43. The molecule has 0 aliphatic carbocycles. The Balaban J connectivity index is 1.96. The van der Waals surface area contributed by atoms with Gasteiger partial charge in [-0.15, -0.1) is 0 Å². The predicted octanol–water partition coefficient (Wildman–Crippen LogP) is 0.674. The molecule has 1 aliphatic heterocycles.